The van der Waals surface area contributed by atoms with E-state index in [1.54, 1.807) is 6.20 Å². The molecule has 0 aliphatic rings. The number of aromatic nitrogens is 2. The van der Waals surface area contributed by atoms with Crippen molar-refractivity contribution in [3.63, 3.8) is 0 Å². The molecule has 0 aliphatic carbocycles. The highest BCUT2D eigenvalue weighted by atomic mass is 16.6. The summed E-state index contributed by atoms with van der Waals surface area (Å²) in [6.45, 7) is 2.36. The van der Waals surface area contributed by atoms with Gasteiger partial charge in [-0.2, -0.15) is 0 Å². The number of fused-ring (bicyclic) bond motifs is 2. The van der Waals surface area contributed by atoms with Gasteiger partial charge in [-0.15, -0.1) is 0 Å². The predicted molar refractivity (Wildman–Crippen MR) is 108 cm³/mol. The van der Waals surface area contributed by atoms with E-state index >= 15 is 0 Å². The minimum atomic E-state index is -0.404. The number of rotatable bonds is 8. The summed E-state index contributed by atoms with van der Waals surface area (Å²) >= 11 is 0. The molecule has 4 rings (SSSR count). The van der Waals surface area contributed by atoms with Gasteiger partial charge in [0.25, 0.3) is 0 Å². The first-order valence-electron chi connectivity index (χ1n) is 9.71. The van der Waals surface area contributed by atoms with Crippen molar-refractivity contribution in [3.8, 4) is 0 Å². The molecule has 6 heteroatoms. The molecule has 0 saturated carbocycles. The summed E-state index contributed by atoms with van der Waals surface area (Å²) < 4.78 is 7.25. The van der Waals surface area contributed by atoms with E-state index in [0.717, 1.165) is 53.0 Å². The normalized spacial score (nSPS) is 12.2. The van der Waals surface area contributed by atoms with Crippen LogP contribution in [0.15, 0.2) is 53.9 Å². The lowest BCUT2D eigenvalue weighted by atomic mass is 10.1. The van der Waals surface area contributed by atoms with Gasteiger partial charge >= 0.3 is 5.97 Å². The molecule has 0 atom stereocenters. The van der Waals surface area contributed by atoms with E-state index in [0.29, 0.717) is 12.0 Å². The fourth-order valence-electron chi connectivity index (χ4n) is 3.49. The number of hydrogen-bond acceptors (Lipinski definition) is 5. The van der Waals surface area contributed by atoms with Crippen LogP contribution in [0.25, 0.3) is 27.3 Å². The average Bonchev–Trinajstić information content (AvgIpc) is 3.20. The highest BCUT2D eigenvalue weighted by Crippen LogP contribution is 2.24. The third-order valence-corrected chi connectivity index (χ3v) is 4.84. The van der Waals surface area contributed by atoms with Crippen LogP contribution in [-0.2, 0) is 14.4 Å². The second-order valence-electron chi connectivity index (χ2n) is 6.79. The predicted octanol–water partition coefficient (Wildman–Crippen LogP) is 4.03. The quantitative estimate of drug-likeness (QED) is 0.264. The maximum Gasteiger partial charge on any atom is 0.347 e. The summed E-state index contributed by atoms with van der Waals surface area (Å²) in [7, 11) is 0. The van der Waals surface area contributed by atoms with Gasteiger partial charge in [-0.3, -0.25) is 4.98 Å². The number of unbranched alkanes of at least 4 members (excludes halogenated alkanes) is 3. The number of hydrogen-bond donors (Lipinski definition) is 0. The van der Waals surface area contributed by atoms with E-state index in [4.69, 9.17) is 9.57 Å². The van der Waals surface area contributed by atoms with E-state index in [-0.39, 0.29) is 6.61 Å². The highest BCUT2D eigenvalue weighted by molar-refractivity contribution is 6.08. The number of benzene rings is 1. The minimum Gasteiger partial charge on any atom is -0.463 e. The Labute approximate surface area is 162 Å². The van der Waals surface area contributed by atoms with Gasteiger partial charge in [-0.05, 0) is 36.1 Å². The summed E-state index contributed by atoms with van der Waals surface area (Å²) in [6, 6.07) is 12.0. The Hall–Kier alpha value is -3.15. The molecule has 1 aromatic carbocycles. The Kier molecular flexibility index (Phi) is 5.37. The summed E-state index contributed by atoms with van der Waals surface area (Å²) in [4.78, 5) is 21.7. The van der Waals surface area contributed by atoms with E-state index in [1.807, 2.05) is 36.5 Å². The zero-order valence-electron chi connectivity index (χ0n) is 15.9. The highest BCUT2D eigenvalue weighted by Gasteiger charge is 2.12. The molecule has 0 saturated heterocycles. The minimum absolute atomic E-state index is 0.213. The first-order chi connectivity index (χ1) is 13.8. The van der Waals surface area contributed by atoms with Gasteiger partial charge < -0.3 is 14.0 Å². The Balaban J connectivity index is 1.59. The first kappa shape index (κ1) is 18.2. The van der Waals surface area contributed by atoms with Crippen molar-refractivity contribution in [2.75, 3.05) is 13.2 Å². The maximum absolute atomic E-state index is 11.9. The maximum atomic E-state index is 11.9. The molecular weight excluding hydrogens is 354 g/mol. The largest absolute Gasteiger partial charge is 0.463 e. The molecule has 0 bridgehead atoms. The van der Waals surface area contributed by atoms with Crippen molar-refractivity contribution in [2.45, 2.75) is 32.6 Å². The SMILES string of the molecule is CCCCCCOC(=O)CO/N=c1/c2nccc3cccc(c32)n2cccc12. The van der Waals surface area contributed by atoms with Gasteiger partial charge in [-0.1, -0.05) is 43.5 Å². The van der Waals surface area contributed by atoms with Crippen LogP contribution in [0.5, 0.6) is 0 Å². The van der Waals surface area contributed by atoms with Crippen molar-refractivity contribution >= 4 is 33.3 Å². The van der Waals surface area contributed by atoms with Crippen molar-refractivity contribution in [1.82, 2.24) is 9.38 Å². The van der Waals surface area contributed by atoms with Crippen molar-refractivity contribution in [1.29, 1.82) is 0 Å². The van der Waals surface area contributed by atoms with E-state index in [9.17, 15) is 4.79 Å². The topological polar surface area (TPSA) is 65.2 Å². The van der Waals surface area contributed by atoms with E-state index < -0.39 is 5.97 Å². The number of carbonyl (C=O) groups is 1. The Morgan fingerprint density at radius 1 is 1.11 bits per heavy atom. The summed E-state index contributed by atoms with van der Waals surface area (Å²) in [5.41, 5.74) is 2.70. The molecule has 3 heterocycles. The van der Waals surface area contributed by atoms with Gasteiger partial charge in [0.15, 0.2) is 5.36 Å². The number of esters is 1. The van der Waals surface area contributed by atoms with Gasteiger partial charge in [0, 0.05) is 17.8 Å². The van der Waals surface area contributed by atoms with Gasteiger partial charge in [0.2, 0.25) is 6.61 Å². The van der Waals surface area contributed by atoms with E-state index in [1.165, 1.54) is 0 Å². The average molecular weight is 377 g/mol. The molecule has 0 spiro atoms. The monoisotopic (exact) mass is 377 g/mol. The van der Waals surface area contributed by atoms with Gasteiger partial charge in [0.1, 0.15) is 5.52 Å². The van der Waals surface area contributed by atoms with Gasteiger partial charge in [-0.25, -0.2) is 4.79 Å². The smallest absolute Gasteiger partial charge is 0.347 e. The Morgan fingerprint density at radius 2 is 2.00 bits per heavy atom. The fraction of sp³-hybridized carbons (Fsp3) is 0.318. The van der Waals surface area contributed by atoms with Crippen molar-refractivity contribution in [3.05, 3.63) is 54.1 Å². The van der Waals surface area contributed by atoms with E-state index in [2.05, 4.69) is 27.5 Å². The lowest BCUT2D eigenvalue weighted by Crippen LogP contribution is -2.15. The molecule has 4 aromatic rings. The molecule has 0 N–H and O–H groups in total. The van der Waals surface area contributed by atoms with Crippen LogP contribution in [0.2, 0.25) is 0 Å². The van der Waals surface area contributed by atoms with Crippen molar-refractivity contribution < 1.29 is 14.4 Å². The molecule has 0 radical (unpaired) electrons. The molecule has 0 aliphatic heterocycles. The second kappa shape index (κ2) is 8.25. The summed E-state index contributed by atoms with van der Waals surface area (Å²) in [6.07, 6.45) is 8.01. The van der Waals surface area contributed by atoms with Crippen LogP contribution in [0.4, 0.5) is 0 Å². The van der Waals surface area contributed by atoms with Crippen LogP contribution in [0.1, 0.15) is 32.6 Å². The lowest BCUT2D eigenvalue weighted by molar-refractivity contribution is -0.149. The van der Waals surface area contributed by atoms with Gasteiger partial charge in [0.05, 0.1) is 17.6 Å². The number of carbonyl (C=O) groups excluding carboxylic acids is 1. The lowest BCUT2D eigenvalue weighted by Gasteiger charge is -2.09. The molecule has 0 unspecified atom stereocenters. The third kappa shape index (κ3) is 3.50. The molecule has 3 aromatic heterocycles. The number of ether oxygens (including phenoxy) is 1. The molecule has 0 fully saturated rings. The van der Waals surface area contributed by atoms with Crippen molar-refractivity contribution in [2.24, 2.45) is 5.16 Å². The fourth-order valence-corrected chi connectivity index (χ4v) is 3.49. The first-order valence-corrected chi connectivity index (χ1v) is 9.71. The Bertz CT molecular complexity index is 1160. The third-order valence-electron chi connectivity index (χ3n) is 4.84. The Morgan fingerprint density at radius 3 is 2.89 bits per heavy atom. The molecule has 28 heavy (non-hydrogen) atoms. The summed E-state index contributed by atoms with van der Waals surface area (Å²) in [5.74, 6) is -0.404. The van der Waals surface area contributed by atoms with Crippen LogP contribution in [0, 0.1) is 0 Å². The standard InChI is InChI=1S/C22H23N3O3/c1-2-3-4-5-14-27-19(26)15-28-24-21-18-10-7-13-25(18)17-9-6-8-16-11-12-23-22(21)20(16)17/h6-13H,2-5,14-15H2,1H3/b24-21+. The van der Waals surface area contributed by atoms with Crippen LogP contribution in [0.3, 0.4) is 0 Å². The van der Waals surface area contributed by atoms with Crippen LogP contribution in [-0.4, -0.2) is 28.6 Å². The second-order valence-corrected chi connectivity index (χ2v) is 6.79. The van der Waals surface area contributed by atoms with Crippen LogP contribution < -0.4 is 5.36 Å². The zero-order chi connectivity index (χ0) is 19.3. The molecular formula is C22H23N3O3. The number of nitrogens with zero attached hydrogens (tertiary/aromatic N) is 3. The zero-order valence-corrected chi connectivity index (χ0v) is 15.9. The molecule has 144 valence electrons. The van der Waals surface area contributed by atoms with Crippen LogP contribution >= 0.6 is 0 Å². The summed E-state index contributed by atoms with van der Waals surface area (Å²) in [5, 5.41) is 6.97. The molecule has 6 nitrogen and oxygen atoms in total. The number of pyridine rings is 2. The molecule has 0 amide bonds.